The highest BCUT2D eigenvalue weighted by Gasteiger charge is 2.26. The zero-order valence-electron chi connectivity index (χ0n) is 6.25. The molecule has 3 nitrogen and oxygen atoms in total. The second kappa shape index (κ2) is 3.91. The number of aliphatic hydroxyl groups is 1. The lowest BCUT2D eigenvalue weighted by Gasteiger charge is -2.11. The fourth-order valence-electron chi connectivity index (χ4n) is 0.952. The van der Waals surface area contributed by atoms with E-state index >= 15 is 0 Å². The molecule has 0 bridgehead atoms. The van der Waals surface area contributed by atoms with Gasteiger partial charge in [0.2, 0.25) is 0 Å². The van der Waals surface area contributed by atoms with Crippen molar-refractivity contribution in [3.8, 4) is 0 Å². The summed E-state index contributed by atoms with van der Waals surface area (Å²) in [7, 11) is 0. The number of hydrogen-bond acceptors (Lipinski definition) is 3. The van der Waals surface area contributed by atoms with Gasteiger partial charge in [-0.1, -0.05) is 6.92 Å². The molecule has 0 aromatic rings. The standard InChI is InChI=1S/C7H14O3/c1-2-3-10-7-5-9-4-6(7)8/h6-8H,2-5H2,1H3. The molecule has 1 saturated heterocycles. The molecule has 2 atom stereocenters. The van der Waals surface area contributed by atoms with Crippen LogP contribution in [0.4, 0.5) is 0 Å². The molecule has 2 unspecified atom stereocenters. The first-order chi connectivity index (χ1) is 4.84. The van der Waals surface area contributed by atoms with Crippen molar-refractivity contribution in [2.45, 2.75) is 25.6 Å². The van der Waals surface area contributed by atoms with Gasteiger partial charge < -0.3 is 14.6 Å². The maximum Gasteiger partial charge on any atom is 0.109 e. The Bertz CT molecular complexity index is 94.9. The lowest BCUT2D eigenvalue weighted by molar-refractivity contribution is -0.00910. The molecule has 0 aromatic carbocycles. The molecule has 1 aliphatic rings. The van der Waals surface area contributed by atoms with Crippen LogP contribution < -0.4 is 0 Å². The van der Waals surface area contributed by atoms with E-state index in [9.17, 15) is 0 Å². The summed E-state index contributed by atoms with van der Waals surface area (Å²) in [5, 5.41) is 9.17. The molecule has 60 valence electrons. The lowest BCUT2D eigenvalue weighted by atomic mass is 10.3. The van der Waals surface area contributed by atoms with Crippen molar-refractivity contribution in [1.29, 1.82) is 0 Å². The molecule has 0 aliphatic carbocycles. The first-order valence-electron chi connectivity index (χ1n) is 3.72. The molecular formula is C7H14O3. The molecule has 1 fully saturated rings. The molecule has 1 rings (SSSR count). The molecule has 0 saturated carbocycles. The summed E-state index contributed by atoms with van der Waals surface area (Å²) in [6.07, 6.45) is 0.495. The van der Waals surface area contributed by atoms with Gasteiger partial charge in [0.15, 0.2) is 0 Å². The summed E-state index contributed by atoms with van der Waals surface area (Å²) in [4.78, 5) is 0. The van der Waals surface area contributed by atoms with Gasteiger partial charge in [0.05, 0.1) is 13.2 Å². The molecule has 1 N–H and O–H groups in total. The Labute approximate surface area is 60.9 Å². The van der Waals surface area contributed by atoms with Gasteiger partial charge in [0, 0.05) is 6.61 Å². The van der Waals surface area contributed by atoms with E-state index in [-0.39, 0.29) is 6.10 Å². The molecular weight excluding hydrogens is 132 g/mol. The quantitative estimate of drug-likeness (QED) is 0.617. The average Bonchev–Trinajstić information content (AvgIpc) is 2.31. The lowest BCUT2D eigenvalue weighted by Crippen LogP contribution is -2.27. The van der Waals surface area contributed by atoms with Crippen LogP contribution >= 0.6 is 0 Å². The van der Waals surface area contributed by atoms with E-state index in [0.717, 1.165) is 6.42 Å². The summed E-state index contributed by atoms with van der Waals surface area (Å²) in [6.45, 7) is 3.73. The van der Waals surface area contributed by atoms with Gasteiger partial charge in [0.1, 0.15) is 12.2 Å². The number of ether oxygens (including phenoxy) is 2. The van der Waals surface area contributed by atoms with E-state index in [2.05, 4.69) is 0 Å². The van der Waals surface area contributed by atoms with Gasteiger partial charge >= 0.3 is 0 Å². The Morgan fingerprint density at radius 3 is 2.90 bits per heavy atom. The van der Waals surface area contributed by atoms with E-state index in [4.69, 9.17) is 14.6 Å². The SMILES string of the molecule is CCCOC1COCC1O. The highest BCUT2D eigenvalue weighted by molar-refractivity contribution is 4.73. The van der Waals surface area contributed by atoms with Gasteiger partial charge in [-0.2, -0.15) is 0 Å². The van der Waals surface area contributed by atoms with E-state index in [0.29, 0.717) is 19.8 Å². The Kier molecular flexibility index (Phi) is 3.12. The highest BCUT2D eigenvalue weighted by atomic mass is 16.6. The van der Waals surface area contributed by atoms with E-state index in [1.807, 2.05) is 6.92 Å². The monoisotopic (exact) mass is 146 g/mol. The van der Waals surface area contributed by atoms with Crippen molar-refractivity contribution in [3.05, 3.63) is 0 Å². The van der Waals surface area contributed by atoms with Crippen LogP contribution in [0.1, 0.15) is 13.3 Å². The van der Waals surface area contributed by atoms with E-state index < -0.39 is 6.10 Å². The number of rotatable bonds is 3. The number of hydrogen-bond donors (Lipinski definition) is 1. The van der Waals surface area contributed by atoms with Crippen LogP contribution in [-0.4, -0.2) is 37.1 Å². The van der Waals surface area contributed by atoms with Gasteiger partial charge in [-0.25, -0.2) is 0 Å². The highest BCUT2D eigenvalue weighted by Crippen LogP contribution is 2.09. The first-order valence-corrected chi connectivity index (χ1v) is 3.72. The zero-order valence-corrected chi connectivity index (χ0v) is 6.25. The van der Waals surface area contributed by atoms with Crippen LogP contribution in [-0.2, 0) is 9.47 Å². The Hall–Kier alpha value is -0.120. The van der Waals surface area contributed by atoms with Crippen molar-refractivity contribution in [1.82, 2.24) is 0 Å². The summed E-state index contributed by atoms with van der Waals surface area (Å²) in [6, 6.07) is 0. The van der Waals surface area contributed by atoms with Gasteiger partial charge in [-0.3, -0.25) is 0 Å². The van der Waals surface area contributed by atoms with Gasteiger partial charge in [0.25, 0.3) is 0 Å². The van der Waals surface area contributed by atoms with Crippen LogP contribution in [0, 0.1) is 0 Å². The van der Waals surface area contributed by atoms with Crippen molar-refractivity contribution in [3.63, 3.8) is 0 Å². The first kappa shape index (κ1) is 7.98. The molecule has 10 heavy (non-hydrogen) atoms. The zero-order chi connectivity index (χ0) is 7.40. The third kappa shape index (κ3) is 1.94. The predicted molar refractivity (Wildman–Crippen MR) is 36.9 cm³/mol. The summed E-state index contributed by atoms with van der Waals surface area (Å²) in [5.41, 5.74) is 0. The minimum absolute atomic E-state index is 0.0834. The normalized spacial score (nSPS) is 33.0. The van der Waals surface area contributed by atoms with Crippen molar-refractivity contribution >= 4 is 0 Å². The van der Waals surface area contributed by atoms with Crippen LogP contribution in [0.25, 0.3) is 0 Å². The molecule has 3 heteroatoms. The third-order valence-corrected chi connectivity index (χ3v) is 1.54. The molecule has 1 aliphatic heterocycles. The molecule has 0 spiro atoms. The van der Waals surface area contributed by atoms with Crippen molar-refractivity contribution < 1.29 is 14.6 Å². The average molecular weight is 146 g/mol. The maximum atomic E-state index is 9.17. The van der Waals surface area contributed by atoms with Gasteiger partial charge in [-0.15, -0.1) is 0 Å². The number of aliphatic hydroxyl groups excluding tert-OH is 1. The third-order valence-electron chi connectivity index (χ3n) is 1.54. The van der Waals surface area contributed by atoms with Crippen LogP contribution in [0.3, 0.4) is 0 Å². The predicted octanol–water partition coefficient (Wildman–Crippen LogP) is 0.173. The second-order valence-corrected chi connectivity index (χ2v) is 2.51. The summed E-state index contributed by atoms with van der Waals surface area (Å²) in [5.74, 6) is 0. The molecule has 0 aromatic heterocycles. The van der Waals surface area contributed by atoms with E-state index in [1.165, 1.54) is 0 Å². The molecule has 1 heterocycles. The maximum absolute atomic E-state index is 9.17. The van der Waals surface area contributed by atoms with Crippen LogP contribution in [0.2, 0.25) is 0 Å². The Morgan fingerprint density at radius 2 is 2.40 bits per heavy atom. The second-order valence-electron chi connectivity index (χ2n) is 2.51. The van der Waals surface area contributed by atoms with Crippen LogP contribution in [0.15, 0.2) is 0 Å². The summed E-state index contributed by atoms with van der Waals surface area (Å²) >= 11 is 0. The Balaban J connectivity index is 2.14. The molecule has 0 radical (unpaired) electrons. The topological polar surface area (TPSA) is 38.7 Å². The van der Waals surface area contributed by atoms with E-state index in [1.54, 1.807) is 0 Å². The van der Waals surface area contributed by atoms with Crippen molar-refractivity contribution in [2.75, 3.05) is 19.8 Å². The summed E-state index contributed by atoms with van der Waals surface area (Å²) < 4.78 is 10.3. The fraction of sp³-hybridized carbons (Fsp3) is 1.00. The van der Waals surface area contributed by atoms with Gasteiger partial charge in [-0.05, 0) is 6.42 Å². The smallest absolute Gasteiger partial charge is 0.109 e. The van der Waals surface area contributed by atoms with Crippen LogP contribution in [0.5, 0.6) is 0 Å². The fourth-order valence-corrected chi connectivity index (χ4v) is 0.952. The largest absolute Gasteiger partial charge is 0.388 e. The minimum atomic E-state index is -0.411. The Morgan fingerprint density at radius 1 is 1.60 bits per heavy atom. The minimum Gasteiger partial charge on any atom is -0.388 e. The molecule has 0 amide bonds. The van der Waals surface area contributed by atoms with Crippen molar-refractivity contribution in [2.24, 2.45) is 0 Å².